The van der Waals surface area contributed by atoms with Gasteiger partial charge in [-0.2, -0.15) is 0 Å². The molecule has 2 saturated heterocycles. The van der Waals surface area contributed by atoms with Crippen molar-refractivity contribution >= 4 is 22.8 Å². The molecule has 5 rings (SSSR count). The summed E-state index contributed by atoms with van der Waals surface area (Å²) in [5.74, 6) is 2.45. The molecule has 2 fully saturated rings. The first-order valence-electron chi connectivity index (χ1n) is 12.7. The molecule has 36 heavy (non-hydrogen) atoms. The number of amides is 1. The number of methoxy groups -OCH3 is 1. The second kappa shape index (κ2) is 10.7. The molecule has 0 radical (unpaired) electrons. The number of aryl methyl sites for hydroxylation is 1. The number of anilines is 1. The maximum absolute atomic E-state index is 13.3. The molecular weight excluding hydrogens is 459 g/mol. The summed E-state index contributed by atoms with van der Waals surface area (Å²) in [6.45, 7) is 5.59. The van der Waals surface area contributed by atoms with Crippen LogP contribution in [0.1, 0.15) is 31.4 Å². The van der Waals surface area contributed by atoms with E-state index < -0.39 is 0 Å². The highest BCUT2D eigenvalue weighted by Gasteiger charge is 2.32. The van der Waals surface area contributed by atoms with E-state index >= 15 is 0 Å². The Labute approximate surface area is 211 Å². The van der Waals surface area contributed by atoms with Crippen molar-refractivity contribution in [3.8, 4) is 11.5 Å². The van der Waals surface area contributed by atoms with Gasteiger partial charge in [-0.05, 0) is 69.0 Å². The zero-order valence-electron chi connectivity index (χ0n) is 21.0. The molecule has 190 valence electrons. The monoisotopic (exact) mass is 492 g/mol. The van der Waals surface area contributed by atoms with Crippen LogP contribution >= 0.6 is 0 Å². The Balaban J connectivity index is 1.16. The summed E-state index contributed by atoms with van der Waals surface area (Å²) in [6.07, 6.45) is 3.61. The molecule has 0 aliphatic carbocycles. The summed E-state index contributed by atoms with van der Waals surface area (Å²) in [4.78, 5) is 27.1. The van der Waals surface area contributed by atoms with Gasteiger partial charge in [0, 0.05) is 49.5 Å². The lowest BCUT2D eigenvalue weighted by atomic mass is 9.92. The van der Waals surface area contributed by atoms with Gasteiger partial charge in [0.1, 0.15) is 17.3 Å². The van der Waals surface area contributed by atoms with Crippen LogP contribution in [0.3, 0.4) is 0 Å². The first-order valence-corrected chi connectivity index (χ1v) is 12.7. The second-order valence-electron chi connectivity index (χ2n) is 9.81. The number of rotatable bonds is 6. The number of fused-ring (bicyclic) bond motifs is 1. The summed E-state index contributed by atoms with van der Waals surface area (Å²) in [7, 11) is 1.65. The molecule has 2 aromatic carbocycles. The Morgan fingerprint density at radius 3 is 2.53 bits per heavy atom. The van der Waals surface area contributed by atoms with Gasteiger partial charge in [-0.15, -0.1) is 0 Å². The number of likely N-dealkylation sites (tertiary alicyclic amines) is 1. The minimum atomic E-state index is -0.273. The third kappa shape index (κ3) is 5.37. The minimum Gasteiger partial charge on any atom is -0.497 e. The van der Waals surface area contributed by atoms with Gasteiger partial charge < -0.3 is 19.3 Å². The summed E-state index contributed by atoms with van der Waals surface area (Å²) in [6, 6.07) is 12.0. The number of hydrogen-bond acceptors (Lipinski definition) is 6. The highest BCUT2D eigenvalue weighted by molar-refractivity contribution is 5.83. The first-order chi connectivity index (χ1) is 17.5. The zero-order valence-corrected chi connectivity index (χ0v) is 21.0. The van der Waals surface area contributed by atoms with Crippen LogP contribution in [-0.4, -0.2) is 60.7 Å². The molecule has 0 spiro atoms. The van der Waals surface area contributed by atoms with Crippen molar-refractivity contribution in [2.45, 2.75) is 32.6 Å². The first kappa shape index (κ1) is 24.3. The van der Waals surface area contributed by atoms with Crippen molar-refractivity contribution in [1.29, 1.82) is 0 Å². The largest absolute Gasteiger partial charge is 0.497 e. The Morgan fingerprint density at radius 1 is 1.03 bits per heavy atom. The average molecular weight is 493 g/mol. The Kier molecular flexibility index (Phi) is 7.20. The molecule has 1 amide bonds. The minimum absolute atomic E-state index is 0.0275. The number of hydrogen-bond donors (Lipinski definition) is 0. The number of ether oxygens (including phenoxy) is 2. The molecule has 3 aromatic rings. The third-order valence-corrected chi connectivity index (χ3v) is 7.34. The van der Waals surface area contributed by atoms with E-state index in [1.165, 1.54) is 12.1 Å². The van der Waals surface area contributed by atoms with Crippen molar-refractivity contribution in [2.24, 2.45) is 11.8 Å². The Morgan fingerprint density at radius 2 is 1.78 bits per heavy atom. The van der Waals surface area contributed by atoms with Gasteiger partial charge in [-0.1, -0.05) is 0 Å². The molecule has 1 aromatic heterocycles. The molecule has 2 aliphatic heterocycles. The van der Waals surface area contributed by atoms with E-state index in [1.807, 2.05) is 30.0 Å². The van der Waals surface area contributed by atoms with E-state index in [1.54, 1.807) is 19.2 Å². The molecule has 2 aliphatic rings. The highest BCUT2D eigenvalue weighted by Crippen LogP contribution is 2.28. The smallest absolute Gasteiger partial charge is 0.226 e. The number of aromatic nitrogens is 2. The van der Waals surface area contributed by atoms with Crippen LogP contribution in [0.25, 0.3) is 10.9 Å². The lowest BCUT2D eigenvalue weighted by Crippen LogP contribution is -2.47. The van der Waals surface area contributed by atoms with Gasteiger partial charge in [-0.3, -0.25) is 4.79 Å². The van der Waals surface area contributed by atoms with Gasteiger partial charge in [0.2, 0.25) is 11.9 Å². The lowest BCUT2D eigenvalue weighted by Gasteiger charge is -2.37. The maximum atomic E-state index is 13.3. The van der Waals surface area contributed by atoms with Gasteiger partial charge >= 0.3 is 0 Å². The molecular formula is C28H33FN4O3. The number of piperidine rings is 2. The van der Waals surface area contributed by atoms with Gasteiger partial charge in [-0.25, -0.2) is 14.4 Å². The summed E-state index contributed by atoms with van der Waals surface area (Å²) in [5.41, 5.74) is 1.82. The van der Waals surface area contributed by atoms with Gasteiger partial charge in [0.15, 0.2) is 0 Å². The van der Waals surface area contributed by atoms with E-state index in [2.05, 4.69) is 4.90 Å². The van der Waals surface area contributed by atoms with Crippen LogP contribution in [0.15, 0.2) is 42.5 Å². The van der Waals surface area contributed by atoms with Crippen molar-refractivity contribution in [2.75, 3.05) is 44.8 Å². The average Bonchev–Trinajstić information content (AvgIpc) is 2.92. The summed E-state index contributed by atoms with van der Waals surface area (Å²) in [5, 5.41) is 1.02. The van der Waals surface area contributed by atoms with Crippen molar-refractivity contribution < 1.29 is 18.7 Å². The van der Waals surface area contributed by atoms with Crippen LogP contribution in [0.5, 0.6) is 11.5 Å². The molecule has 0 bridgehead atoms. The Hall–Kier alpha value is -3.42. The van der Waals surface area contributed by atoms with Crippen molar-refractivity contribution in [3.05, 3.63) is 54.0 Å². The topological polar surface area (TPSA) is 67.8 Å². The number of carbonyl (C=O) groups is 1. The maximum Gasteiger partial charge on any atom is 0.226 e. The number of nitrogens with zero attached hydrogens (tertiary/aromatic N) is 4. The van der Waals surface area contributed by atoms with Crippen LogP contribution in [0.4, 0.5) is 10.3 Å². The fraction of sp³-hybridized carbons (Fsp3) is 0.464. The second-order valence-corrected chi connectivity index (χ2v) is 9.81. The normalized spacial score (nSPS) is 18.9. The summed E-state index contributed by atoms with van der Waals surface area (Å²) >= 11 is 0. The van der Waals surface area contributed by atoms with E-state index in [-0.39, 0.29) is 17.6 Å². The van der Waals surface area contributed by atoms with E-state index in [9.17, 15) is 9.18 Å². The van der Waals surface area contributed by atoms with E-state index in [4.69, 9.17) is 19.4 Å². The molecule has 1 atom stereocenters. The van der Waals surface area contributed by atoms with Crippen LogP contribution < -0.4 is 14.4 Å². The fourth-order valence-electron chi connectivity index (χ4n) is 5.25. The standard InChI is InChI=1S/C28H33FN4O3/c1-19-25-10-9-24(35-2)16-26(25)31-28(30-19)32-14-11-21(12-15-32)27(34)33-13-3-4-20(17-33)18-36-23-7-5-22(29)6-8-23/h5-10,16,20-21H,3-4,11-15,17-18H2,1-2H3/t20-/m0/s1. The van der Waals surface area contributed by atoms with Crippen molar-refractivity contribution in [1.82, 2.24) is 14.9 Å². The van der Waals surface area contributed by atoms with E-state index in [0.29, 0.717) is 18.3 Å². The van der Waals surface area contributed by atoms with Crippen LogP contribution in [0, 0.1) is 24.6 Å². The van der Waals surface area contributed by atoms with E-state index in [0.717, 1.165) is 80.2 Å². The number of benzene rings is 2. The van der Waals surface area contributed by atoms with Crippen LogP contribution in [0.2, 0.25) is 0 Å². The summed E-state index contributed by atoms with van der Waals surface area (Å²) < 4.78 is 24.3. The van der Waals surface area contributed by atoms with Crippen molar-refractivity contribution in [3.63, 3.8) is 0 Å². The number of carbonyl (C=O) groups excluding carboxylic acids is 1. The zero-order chi connectivity index (χ0) is 25.1. The molecule has 3 heterocycles. The number of halogens is 1. The van der Waals surface area contributed by atoms with Gasteiger partial charge in [0.25, 0.3) is 0 Å². The predicted octanol–water partition coefficient (Wildman–Crippen LogP) is 4.62. The SMILES string of the molecule is COc1ccc2c(C)nc(N3CCC(C(=O)N4CCC[C@H](COc5ccc(F)cc5)C4)CC3)nc2c1. The molecule has 8 heteroatoms. The molecule has 7 nitrogen and oxygen atoms in total. The molecule has 0 saturated carbocycles. The predicted molar refractivity (Wildman–Crippen MR) is 137 cm³/mol. The van der Waals surface area contributed by atoms with Gasteiger partial charge in [0.05, 0.1) is 24.9 Å². The molecule has 0 N–H and O–H groups in total. The Bertz CT molecular complexity index is 1210. The molecule has 0 unspecified atom stereocenters. The lowest BCUT2D eigenvalue weighted by molar-refractivity contribution is -0.138. The fourth-order valence-corrected chi connectivity index (χ4v) is 5.25. The van der Waals surface area contributed by atoms with Crippen LogP contribution in [-0.2, 0) is 4.79 Å². The highest BCUT2D eigenvalue weighted by atomic mass is 19.1. The quantitative estimate of drug-likeness (QED) is 0.500. The third-order valence-electron chi connectivity index (χ3n) is 7.34.